The molecule has 0 unspecified atom stereocenters. The number of ketones is 1. The van der Waals surface area contributed by atoms with Crippen LogP contribution in [0.3, 0.4) is 0 Å². The van der Waals surface area contributed by atoms with Gasteiger partial charge < -0.3 is 5.73 Å². The first kappa shape index (κ1) is 12.1. The highest BCUT2D eigenvalue weighted by Crippen LogP contribution is 2.27. The molecule has 2 N–H and O–H groups in total. The first-order valence-electron chi connectivity index (χ1n) is 5.51. The quantitative estimate of drug-likeness (QED) is 0.764. The van der Waals surface area contributed by atoms with E-state index in [9.17, 15) is 4.79 Å². The molecule has 0 spiro atoms. The van der Waals surface area contributed by atoms with Gasteiger partial charge in [0.2, 0.25) is 0 Å². The summed E-state index contributed by atoms with van der Waals surface area (Å²) in [4.78, 5) is 11.5. The van der Waals surface area contributed by atoms with Crippen LogP contribution in [0.4, 0.5) is 0 Å². The summed E-state index contributed by atoms with van der Waals surface area (Å²) in [7, 11) is 0. The van der Waals surface area contributed by atoms with Crippen molar-refractivity contribution in [1.82, 2.24) is 0 Å². The fourth-order valence-corrected chi connectivity index (χ4v) is 2.66. The number of carbonyl (C=O) groups is 1. The molecule has 0 aromatic rings. The average molecular weight is 215 g/mol. The van der Waals surface area contributed by atoms with Gasteiger partial charge in [-0.1, -0.05) is 32.1 Å². The SMILES string of the molecule is CSCC(=O)[C@@H](N)CC1CCCCC1. The van der Waals surface area contributed by atoms with Gasteiger partial charge in [0.15, 0.2) is 5.78 Å². The van der Waals surface area contributed by atoms with E-state index >= 15 is 0 Å². The predicted octanol–water partition coefficient (Wildman–Crippen LogP) is 2.22. The molecule has 0 aromatic carbocycles. The highest BCUT2D eigenvalue weighted by atomic mass is 32.2. The van der Waals surface area contributed by atoms with E-state index < -0.39 is 0 Å². The van der Waals surface area contributed by atoms with Crippen LogP contribution in [-0.2, 0) is 4.79 Å². The summed E-state index contributed by atoms with van der Waals surface area (Å²) in [5, 5.41) is 0. The smallest absolute Gasteiger partial charge is 0.159 e. The van der Waals surface area contributed by atoms with Gasteiger partial charge in [-0.05, 0) is 18.6 Å². The zero-order valence-electron chi connectivity index (χ0n) is 9.00. The van der Waals surface area contributed by atoms with Crippen LogP contribution < -0.4 is 5.73 Å². The minimum absolute atomic E-state index is 0.203. The van der Waals surface area contributed by atoms with Crippen LogP contribution in [0.1, 0.15) is 38.5 Å². The monoisotopic (exact) mass is 215 g/mol. The van der Waals surface area contributed by atoms with Crippen molar-refractivity contribution in [2.75, 3.05) is 12.0 Å². The van der Waals surface area contributed by atoms with Crippen LogP contribution in [-0.4, -0.2) is 23.8 Å². The van der Waals surface area contributed by atoms with Crippen LogP contribution in [0.5, 0.6) is 0 Å². The molecule has 1 fully saturated rings. The third-order valence-corrected chi connectivity index (χ3v) is 3.59. The van der Waals surface area contributed by atoms with E-state index in [0.717, 1.165) is 6.42 Å². The Morgan fingerprint density at radius 1 is 1.43 bits per heavy atom. The van der Waals surface area contributed by atoms with Gasteiger partial charge in [0.25, 0.3) is 0 Å². The lowest BCUT2D eigenvalue weighted by molar-refractivity contribution is -0.118. The summed E-state index contributed by atoms with van der Waals surface area (Å²) in [5.41, 5.74) is 5.87. The fraction of sp³-hybridized carbons (Fsp3) is 0.909. The second kappa shape index (κ2) is 6.46. The molecule has 1 rings (SSSR count). The molecule has 0 aliphatic heterocycles. The van der Waals surface area contributed by atoms with Gasteiger partial charge in [-0.3, -0.25) is 4.79 Å². The van der Waals surface area contributed by atoms with E-state index in [2.05, 4.69) is 0 Å². The summed E-state index contributed by atoms with van der Waals surface area (Å²) >= 11 is 1.57. The van der Waals surface area contributed by atoms with Gasteiger partial charge in [0.05, 0.1) is 11.8 Å². The molecule has 1 atom stereocenters. The minimum Gasteiger partial charge on any atom is -0.321 e. The Kier molecular flexibility index (Phi) is 5.56. The first-order valence-corrected chi connectivity index (χ1v) is 6.90. The molecule has 1 saturated carbocycles. The third-order valence-electron chi connectivity index (χ3n) is 3.01. The molecule has 0 heterocycles. The maximum atomic E-state index is 11.5. The van der Waals surface area contributed by atoms with Crippen LogP contribution in [0.15, 0.2) is 0 Å². The average Bonchev–Trinajstić information content (AvgIpc) is 2.19. The Morgan fingerprint density at radius 3 is 2.64 bits per heavy atom. The molecule has 0 amide bonds. The van der Waals surface area contributed by atoms with Crippen molar-refractivity contribution in [2.24, 2.45) is 11.7 Å². The van der Waals surface area contributed by atoms with Gasteiger partial charge in [-0.15, -0.1) is 0 Å². The lowest BCUT2D eigenvalue weighted by Gasteiger charge is -2.23. The number of nitrogens with two attached hydrogens (primary N) is 1. The summed E-state index contributed by atoms with van der Waals surface area (Å²) < 4.78 is 0. The Balaban J connectivity index is 2.24. The number of carbonyl (C=O) groups excluding carboxylic acids is 1. The van der Waals surface area contributed by atoms with E-state index in [4.69, 9.17) is 5.73 Å². The fourth-order valence-electron chi connectivity index (χ4n) is 2.16. The minimum atomic E-state index is -0.203. The predicted molar refractivity (Wildman–Crippen MR) is 62.6 cm³/mol. The molecule has 0 radical (unpaired) electrons. The summed E-state index contributed by atoms with van der Waals surface area (Å²) in [6, 6.07) is -0.203. The molecule has 0 aromatic heterocycles. The Bertz CT molecular complexity index is 178. The molecule has 0 saturated heterocycles. The summed E-state index contributed by atoms with van der Waals surface area (Å²) in [6.45, 7) is 0. The molecule has 0 bridgehead atoms. The maximum absolute atomic E-state index is 11.5. The number of thioether (sulfide) groups is 1. The van der Waals surface area contributed by atoms with Crippen LogP contribution in [0.25, 0.3) is 0 Å². The first-order chi connectivity index (χ1) is 6.74. The normalized spacial score (nSPS) is 20.7. The van der Waals surface area contributed by atoms with Crippen LogP contribution in [0.2, 0.25) is 0 Å². The standard InChI is InChI=1S/C11H21NOS/c1-14-8-11(13)10(12)7-9-5-3-2-4-6-9/h9-10H,2-8,12H2,1H3/t10-/m0/s1. The molecular weight excluding hydrogens is 194 g/mol. The van der Waals surface area contributed by atoms with Crippen molar-refractivity contribution in [3.8, 4) is 0 Å². The number of hydrogen-bond donors (Lipinski definition) is 1. The Hall–Kier alpha value is -0.0200. The molecule has 1 aliphatic rings. The topological polar surface area (TPSA) is 43.1 Å². The highest BCUT2D eigenvalue weighted by molar-refractivity contribution is 7.99. The number of rotatable bonds is 5. The van der Waals surface area contributed by atoms with E-state index in [0.29, 0.717) is 11.7 Å². The molecule has 14 heavy (non-hydrogen) atoms. The van der Waals surface area contributed by atoms with E-state index in [-0.39, 0.29) is 11.8 Å². The second-order valence-electron chi connectivity index (χ2n) is 4.25. The zero-order chi connectivity index (χ0) is 10.4. The molecule has 82 valence electrons. The van der Waals surface area contributed by atoms with Gasteiger partial charge in [-0.2, -0.15) is 11.8 Å². The third kappa shape index (κ3) is 4.01. The highest BCUT2D eigenvalue weighted by Gasteiger charge is 2.20. The van der Waals surface area contributed by atoms with Gasteiger partial charge in [0, 0.05) is 0 Å². The Morgan fingerprint density at radius 2 is 2.07 bits per heavy atom. The van der Waals surface area contributed by atoms with E-state index in [1.165, 1.54) is 32.1 Å². The lowest BCUT2D eigenvalue weighted by atomic mass is 9.84. The van der Waals surface area contributed by atoms with E-state index in [1.54, 1.807) is 11.8 Å². The number of hydrogen-bond acceptors (Lipinski definition) is 3. The van der Waals surface area contributed by atoms with Crippen molar-refractivity contribution in [3.63, 3.8) is 0 Å². The second-order valence-corrected chi connectivity index (χ2v) is 5.11. The van der Waals surface area contributed by atoms with Gasteiger partial charge in [0.1, 0.15) is 0 Å². The summed E-state index contributed by atoms with van der Waals surface area (Å²) in [5.74, 6) is 1.51. The van der Waals surface area contributed by atoms with Gasteiger partial charge >= 0.3 is 0 Å². The Labute approximate surface area is 91.0 Å². The molecule has 3 heteroatoms. The molecular formula is C11H21NOS. The molecule has 2 nitrogen and oxygen atoms in total. The van der Waals surface area contributed by atoms with Crippen LogP contribution in [0, 0.1) is 5.92 Å². The van der Waals surface area contributed by atoms with Crippen molar-refractivity contribution in [1.29, 1.82) is 0 Å². The maximum Gasteiger partial charge on any atom is 0.159 e. The van der Waals surface area contributed by atoms with E-state index in [1.807, 2.05) is 6.26 Å². The van der Waals surface area contributed by atoms with Gasteiger partial charge in [-0.25, -0.2) is 0 Å². The van der Waals surface area contributed by atoms with Crippen LogP contribution >= 0.6 is 11.8 Å². The van der Waals surface area contributed by atoms with Crippen molar-refractivity contribution < 1.29 is 4.79 Å². The zero-order valence-corrected chi connectivity index (χ0v) is 9.81. The number of Topliss-reactive ketones (excluding diaryl/α,β-unsaturated/α-hetero) is 1. The van der Waals surface area contributed by atoms with Crippen molar-refractivity contribution in [3.05, 3.63) is 0 Å². The van der Waals surface area contributed by atoms with Crippen molar-refractivity contribution in [2.45, 2.75) is 44.6 Å². The molecule has 1 aliphatic carbocycles. The van der Waals surface area contributed by atoms with Crippen molar-refractivity contribution >= 4 is 17.5 Å². The summed E-state index contributed by atoms with van der Waals surface area (Å²) in [6.07, 6.45) is 9.44. The largest absolute Gasteiger partial charge is 0.321 e. The lowest BCUT2D eigenvalue weighted by Crippen LogP contribution is -2.34.